The molecular formula is C21H27FN4O2. The minimum Gasteiger partial charge on any atom is -0.370 e. The standard InChI is InChI=1S/C21H27FN4O2/c1-25-20-9-10-26(21(27)23-17-7-2-3-8-17)12-18(20)19(24-25)14-28-13-15-5-4-6-16(22)11-15/h4-6,11,17H,2-3,7-10,12-14H2,1H3,(H,23,27). The molecule has 0 unspecified atom stereocenters. The summed E-state index contributed by atoms with van der Waals surface area (Å²) in [5.41, 5.74) is 3.89. The van der Waals surface area contributed by atoms with Gasteiger partial charge in [0.05, 0.1) is 25.5 Å². The Kier molecular flexibility index (Phi) is 5.62. The molecule has 4 rings (SSSR count). The normalized spacial score (nSPS) is 17.0. The number of fused-ring (bicyclic) bond motifs is 1. The Morgan fingerprint density at radius 1 is 1.32 bits per heavy atom. The number of carbonyl (C=O) groups is 1. The van der Waals surface area contributed by atoms with E-state index >= 15 is 0 Å². The summed E-state index contributed by atoms with van der Waals surface area (Å²) in [7, 11) is 1.93. The van der Waals surface area contributed by atoms with Gasteiger partial charge in [-0.2, -0.15) is 5.10 Å². The summed E-state index contributed by atoms with van der Waals surface area (Å²) in [6.07, 6.45) is 5.35. The van der Waals surface area contributed by atoms with E-state index in [1.807, 2.05) is 22.7 Å². The SMILES string of the molecule is Cn1nc(COCc2cccc(F)c2)c2c1CCN(C(=O)NC1CCCC1)C2. The first kappa shape index (κ1) is 18.9. The van der Waals surface area contributed by atoms with Crippen LogP contribution in [0.3, 0.4) is 0 Å². The molecule has 2 heterocycles. The number of benzene rings is 1. The maximum atomic E-state index is 13.3. The highest BCUT2D eigenvalue weighted by Crippen LogP contribution is 2.24. The average Bonchev–Trinajstić information content (AvgIpc) is 3.30. The second kappa shape index (κ2) is 8.31. The Morgan fingerprint density at radius 3 is 2.93 bits per heavy atom. The Morgan fingerprint density at radius 2 is 2.14 bits per heavy atom. The summed E-state index contributed by atoms with van der Waals surface area (Å²) >= 11 is 0. The summed E-state index contributed by atoms with van der Waals surface area (Å²) in [6.45, 7) is 1.93. The van der Waals surface area contributed by atoms with Gasteiger partial charge < -0.3 is 15.0 Å². The highest BCUT2D eigenvalue weighted by molar-refractivity contribution is 5.75. The first-order chi connectivity index (χ1) is 13.6. The number of nitrogens with one attached hydrogen (secondary N) is 1. The molecule has 2 aromatic rings. The third-order valence-electron chi connectivity index (χ3n) is 5.69. The van der Waals surface area contributed by atoms with Crippen LogP contribution < -0.4 is 5.32 Å². The zero-order valence-electron chi connectivity index (χ0n) is 16.3. The fourth-order valence-electron chi connectivity index (χ4n) is 4.19. The van der Waals surface area contributed by atoms with Crippen molar-refractivity contribution >= 4 is 6.03 Å². The molecule has 1 saturated carbocycles. The van der Waals surface area contributed by atoms with Crippen LogP contribution in [0.4, 0.5) is 9.18 Å². The van der Waals surface area contributed by atoms with Crippen LogP contribution in [0.2, 0.25) is 0 Å². The summed E-state index contributed by atoms with van der Waals surface area (Å²) in [4.78, 5) is 14.5. The predicted octanol–water partition coefficient (Wildman–Crippen LogP) is 3.29. The number of nitrogens with zero attached hydrogens (tertiary/aromatic N) is 3. The third-order valence-corrected chi connectivity index (χ3v) is 5.69. The smallest absolute Gasteiger partial charge is 0.317 e. The molecule has 0 atom stereocenters. The first-order valence-corrected chi connectivity index (χ1v) is 10.0. The zero-order chi connectivity index (χ0) is 19.5. The topological polar surface area (TPSA) is 59.4 Å². The van der Waals surface area contributed by atoms with Crippen molar-refractivity contribution in [2.45, 2.75) is 57.9 Å². The molecule has 2 aliphatic rings. The number of rotatable bonds is 5. The number of urea groups is 1. The van der Waals surface area contributed by atoms with Gasteiger partial charge in [-0.05, 0) is 30.5 Å². The molecule has 1 fully saturated rings. The second-order valence-corrected chi connectivity index (χ2v) is 7.72. The van der Waals surface area contributed by atoms with E-state index in [0.717, 1.165) is 41.8 Å². The molecule has 7 heteroatoms. The molecule has 2 amide bonds. The molecule has 1 aliphatic carbocycles. The van der Waals surface area contributed by atoms with Gasteiger partial charge in [0, 0.05) is 37.3 Å². The van der Waals surface area contributed by atoms with Crippen molar-refractivity contribution in [2.75, 3.05) is 6.54 Å². The number of carbonyl (C=O) groups excluding carboxylic acids is 1. The van der Waals surface area contributed by atoms with Crippen LogP contribution in [-0.2, 0) is 38.0 Å². The van der Waals surface area contributed by atoms with Crippen molar-refractivity contribution in [1.82, 2.24) is 20.0 Å². The van der Waals surface area contributed by atoms with Gasteiger partial charge in [0.1, 0.15) is 5.82 Å². The molecule has 28 heavy (non-hydrogen) atoms. The van der Waals surface area contributed by atoms with E-state index in [1.165, 1.54) is 25.0 Å². The Bertz CT molecular complexity index is 845. The summed E-state index contributed by atoms with van der Waals surface area (Å²) < 4.78 is 21.0. The third kappa shape index (κ3) is 4.19. The van der Waals surface area contributed by atoms with Crippen LogP contribution in [0.5, 0.6) is 0 Å². The Hall–Kier alpha value is -2.41. The maximum absolute atomic E-state index is 13.3. The molecule has 1 aromatic carbocycles. The molecule has 0 spiro atoms. The van der Waals surface area contributed by atoms with Gasteiger partial charge in [-0.25, -0.2) is 9.18 Å². The molecule has 150 valence electrons. The first-order valence-electron chi connectivity index (χ1n) is 10.0. The maximum Gasteiger partial charge on any atom is 0.317 e. The van der Waals surface area contributed by atoms with Gasteiger partial charge in [-0.3, -0.25) is 4.68 Å². The number of aryl methyl sites for hydroxylation is 1. The fourth-order valence-corrected chi connectivity index (χ4v) is 4.19. The summed E-state index contributed by atoms with van der Waals surface area (Å²) in [5, 5.41) is 7.77. The lowest BCUT2D eigenvalue weighted by atomic mass is 10.1. The lowest BCUT2D eigenvalue weighted by molar-refractivity contribution is 0.103. The van der Waals surface area contributed by atoms with Crippen LogP contribution in [0.25, 0.3) is 0 Å². The van der Waals surface area contributed by atoms with Crippen molar-refractivity contribution in [3.8, 4) is 0 Å². The van der Waals surface area contributed by atoms with Crippen LogP contribution >= 0.6 is 0 Å². The highest BCUT2D eigenvalue weighted by Gasteiger charge is 2.28. The van der Waals surface area contributed by atoms with Gasteiger partial charge in [-0.15, -0.1) is 0 Å². The van der Waals surface area contributed by atoms with E-state index in [9.17, 15) is 9.18 Å². The van der Waals surface area contributed by atoms with Gasteiger partial charge in [-0.1, -0.05) is 25.0 Å². The molecule has 1 aliphatic heterocycles. The van der Waals surface area contributed by atoms with E-state index in [2.05, 4.69) is 10.4 Å². The van der Waals surface area contributed by atoms with Crippen LogP contribution in [-0.4, -0.2) is 33.3 Å². The van der Waals surface area contributed by atoms with Gasteiger partial charge in [0.15, 0.2) is 0 Å². The number of ether oxygens (including phenoxy) is 1. The molecule has 0 radical (unpaired) electrons. The van der Waals surface area contributed by atoms with Crippen LogP contribution in [0.1, 0.15) is 48.2 Å². The monoisotopic (exact) mass is 386 g/mol. The largest absolute Gasteiger partial charge is 0.370 e. The second-order valence-electron chi connectivity index (χ2n) is 7.72. The number of halogens is 1. The lowest BCUT2D eigenvalue weighted by Crippen LogP contribution is -2.46. The number of amides is 2. The van der Waals surface area contributed by atoms with Crippen molar-refractivity contribution in [2.24, 2.45) is 7.05 Å². The number of hydrogen-bond acceptors (Lipinski definition) is 3. The van der Waals surface area contributed by atoms with E-state index in [0.29, 0.717) is 32.3 Å². The van der Waals surface area contributed by atoms with Crippen LogP contribution in [0, 0.1) is 5.82 Å². The van der Waals surface area contributed by atoms with Crippen molar-refractivity contribution in [3.05, 3.63) is 52.6 Å². The molecule has 0 saturated heterocycles. The lowest BCUT2D eigenvalue weighted by Gasteiger charge is -2.29. The zero-order valence-corrected chi connectivity index (χ0v) is 16.3. The van der Waals surface area contributed by atoms with Crippen LogP contribution in [0.15, 0.2) is 24.3 Å². The number of hydrogen-bond donors (Lipinski definition) is 1. The summed E-state index contributed by atoms with van der Waals surface area (Å²) in [5.74, 6) is -0.264. The van der Waals surface area contributed by atoms with E-state index < -0.39 is 0 Å². The van der Waals surface area contributed by atoms with E-state index in [-0.39, 0.29) is 11.8 Å². The van der Waals surface area contributed by atoms with Crippen molar-refractivity contribution in [1.29, 1.82) is 0 Å². The van der Waals surface area contributed by atoms with Crippen molar-refractivity contribution in [3.63, 3.8) is 0 Å². The van der Waals surface area contributed by atoms with Gasteiger partial charge in [0.2, 0.25) is 0 Å². The fraction of sp³-hybridized carbons (Fsp3) is 0.524. The molecule has 1 aromatic heterocycles. The molecule has 1 N–H and O–H groups in total. The molecule has 6 nitrogen and oxygen atoms in total. The minimum absolute atomic E-state index is 0.0213. The van der Waals surface area contributed by atoms with E-state index in [1.54, 1.807) is 6.07 Å². The average molecular weight is 386 g/mol. The molecule has 0 bridgehead atoms. The van der Waals surface area contributed by atoms with Gasteiger partial charge in [0.25, 0.3) is 0 Å². The Balaban J connectivity index is 1.38. The number of aromatic nitrogens is 2. The Labute approximate surface area is 164 Å². The minimum atomic E-state index is -0.264. The quantitative estimate of drug-likeness (QED) is 0.858. The predicted molar refractivity (Wildman–Crippen MR) is 103 cm³/mol. The van der Waals surface area contributed by atoms with E-state index in [4.69, 9.17) is 4.74 Å². The summed E-state index contributed by atoms with van der Waals surface area (Å²) in [6, 6.07) is 6.75. The highest BCUT2D eigenvalue weighted by atomic mass is 19.1. The van der Waals surface area contributed by atoms with Crippen molar-refractivity contribution < 1.29 is 13.9 Å². The molecular weight excluding hydrogens is 359 g/mol. The van der Waals surface area contributed by atoms with Gasteiger partial charge >= 0.3 is 6.03 Å².